The van der Waals surface area contributed by atoms with Crippen molar-refractivity contribution in [1.82, 2.24) is 0 Å². The van der Waals surface area contributed by atoms with Gasteiger partial charge >= 0.3 is 0 Å². The fraction of sp³-hybridized carbons (Fsp3) is 0.333. The molecule has 2 aromatic rings. The normalized spacial score (nSPS) is 20.4. The first-order valence-electron chi connectivity index (χ1n) is 8.35. The number of halogens is 2. The number of hydrogen-bond acceptors (Lipinski definition) is 2. The number of aryl methyl sites for hydroxylation is 3. The summed E-state index contributed by atoms with van der Waals surface area (Å²) in [5.74, 6) is -2.89. The number of carbonyl (C=O) groups excluding carboxylic acids is 2. The Morgan fingerprint density at radius 2 is 1.48 bits per heavy atom. The Kier molecular flexibility index (Phi) is 4.55. The van der Waals surface area contributed by atoms with E-state index < -0.39 is 23.5 Å². The molecule has 0 bridgehead atoms. The van der Waals surface area contributed by atoms with E-state index in [0.717, 1.165) is 28.3 Å². The lowest BCUT2D eigenvalue weighted by Crippen LogP contribution is -2.19. The minimum Gasteiger partial charge on any atom is -0.298 e. The van der Waals surface area contributed by atoms with Gasteiger partial charge in [-0.25, -0.2) is 8.78 Å². The van der Waals surface area contributed by atoms with Crippen LogP contribution >= 0.6 is 0 Å². The quantitative estimate of drug-likeness (QED) is 0.776. The molecule has 3 rings (SSSR count). The van der Waals surface area contributed by atoms with Crippen molar-refractivity contribution >= 4 is 11.6 Å². The second-order valence-electron chi connectivity index (χ2n) is 7.00. The molecule has 130 valence electrons. The van der Waals surface area contributed by atoms with Gasteiger partial charge in [0.15, 0.2) is 5.78 Å². The molecule has 2 nitrogen and oxygen atoms in total. The van der Waals surface area contributed by atoms with Crippen molar-refractivity contribution in [2.75, 3.05) is 0 Å². The Bertz CT molecular complexity index is 827. The minimum absolute atomic E-state index is 0.109. The van der Waals surface area contributed by atoms with Crippen molar-refractivity contribution in [3.05, 3.63) is 69.8 Å². The second-order valence-corrected chi connectivity index (χ2v) is 7.00. The zero-order valence-corrected chi connectivity index (χ0v) is 14.5. The summed E-state index contributed by atoms with van der Waals surface area (Å²) in [5.41, 5.74) is 4.14. The molecule has 2 unspecified atom stereocenters. The van der Waals surface area contributed by atoms with Crippen LogP contribution in [-0.4, -0.2) is 11.6 Å². The van der Waals surface area contributed by atoms with Crippen molar-refractivity contribution in [2.45, 2.75) is 39.5 Å². The molecule has 0 amide bonds. The average Bonchev–Trinajstić information content (AvgIpc) is 2.73. The standard InChI is InChI=1S/C21H20F2O2/c1-11-4-12(2)19(13(3)5-11)20-18(24)9-15(21(20)25)6-14-7-16(22)10-17(23)8-14/h4-5,7-8,10,15,20H,6,9H2,1-3H3. The number of rotatable bonds is 3. The van der Waals surface area contributed by atoms with Crippen LogP contribution in [0, 0.1) is 38.3 Å². The predicted molar refractivity (Wildman–Crippen MR) is 91.6 cm³/mol. The maximum atomic E-state index is 13.4. The van der Waals surface area contributed by atoms with E-state index in [0.29, 0.717) is 5.56 Å². The third-order valence-corrected chi connectivity index (χ3v) is 4.89. The summed E-state index contributed by atoms with van der Waals surface area (Å²) < 4.78 is 26.7. The fourth-order valence-electron chi connectivity index (χ4n) is 3.99. The van der Waals surface area contributed by atoms with Crippen molar-refractivity contribution in [1.29, 1.82) is 0 Å². The van der Waals surface area contributed by atoms with Crippen molar-refractivity contribution in [3.8, 4) is 0 Å². The van der Waals surface area contributed by atoms with Crippen LogP contribution in [0.5, 0.6) is 0 Å². The Balaban J connectivity index is 1.90. The molecule has 0 radical (unpaired) electrons. The molecular formula is C21H20F2O2. The summed E-state index contributed by atoms with van der Waals surface area (Å²) in [6.07, 6.45) is 0.300. The summed E-state index contributed by atoms with van der Waals surface area (Å²) in [5, 5.41) is 0. The molecule has 0 aliphatic heterocycles. The van der Waals surface area contributed by atoms with Gasteiger partial charge in [0.05, 0.1) is 0 Å². The Labute approximate surface area is 145 Å². The summed E-state index contributed by atoms with van der Waals surface area (Å²) in [7, 11) is 0. The molecule has 2 atom stereocenters. The second kappa shape index (κ2) is 6.51. The Morgan fingerprint density at radius 3 is 2.04 bits per heavy atom. The van der Waals surface area contributed by atoms with Crippen molar-refractivity contribution < 1.29 is 18.4 Å². The van der Waals surface area contributed by atoms with Crippen LogP contribution < -0.4 is 0 Å². The third kappa shape index (κ3) is 3.39. The first-order chi connectivity index (χ1) is 11.8. The lowest BCUT2D eigenvalue weighted by Gasteiger charge is -2.16. The molecule has 1 fully saturated rings. The molecule has 0 saturated heterocycles. The summed E-state index contributed by atoms with van der Waals surface area (Å²) in [4.78, 5) is 25.4. The molecule has 1 aliphatic carbocycles. The van der Waals surface area contributed by atoms with Gasteiger partial charge in [0.2, 0.25) is 0 Å². The number of hydrogen-bond donors (Lipinski definition) is 0. The van der Waals surface area contributed by atoms with E-state index in [4.69, 9.17) is 0 Å². The molecule has 0 aromatic heterocycles. The zero-order chi connectivity index (χ0) is 18.3. The highest BCUT2D eigenvalue weighted by molar-refractivity contribution is 6.15. The Morgan fingerprint density at radius 1 is 0.920 bits per heavy atom. The van der Waals surface area contributed by atoms with E-state index in [1.54, 1.807) is 0 Å². The molecule has 2 aromatic carbocycles. The lowest BCUT2D eigenvalue weighted by atomic mass is 9.86. The van der Waals surface area contributed by atoms with Gasteiger partial charge in [-0.3, -0.25) is 9.59 Å². The highest BCUT2D eigenvalue weighted by Gasteiger charge is 2.43. The maximum Gasteiger partial charge on any atom is 0.151 e. The molecule has 0 N–H and O–H groups in total. The Hall–Kier alpha value is -2.36. The number of carbonyl (C=O) groups is 2. The maximum absolute atomic E-state index is 13.4. The summed E-state index contributed by atoms with van der Waals surface area (Å²) in [6.45, 7) is 5.79. The van der Waals surface area contributed by atoms with Crippen LogP contribution in [0.25, 0.3) is 0 Å². The van der Waals surface area contributed by atoms with Gasteiger partial charge in [-0.2, -0.15) is 0 Å². The van der Waals surface area contributed by atoms with Crippen LogP contribution in [0.15, 0.2) is 30.3 Å². The molecule has 0 heterocycles. The van der Waals surface area contributed by atoms with E-state index in [1.807, 2.05) is 32.9 Å². The molecule has 4 heteroatoms. The molecular weight excluding hydrogens is 322 g/mol. The first kappa shape index (κ1) is 17.5. The van der Waals surface area contributed by atoms with Gasteiger partial charge in [-0.05, 0) is 61.6 Å². The van der Waals surface area contributed by atoms with Crippen LogP contribution in [-0.2, 0) is 16.0 Å². The summed E-state index contributed by atoms with van der Waals surface area (Å²) >= 11 is 0. The third-order valence-electron chi connectivity index (χ3n) is 4.89. The monoisotopic (exact) mass is 342 g/mol. The first-order valence-corrected chi connectivity index (χ1v) is 8.35. The fourth-order valence-corrected chi connectivity index (χ4v) is 3.99. The summed E-state index contributed by atoms with van der Waals surface area (Å²) in [6, 6.07) is 7.18. The van der Waals surface area contributed by atoms with Crippen molar-refractivity contribution in [3.63, 3.8) is 0 Å². The van der Waals surface area contributed by atoms with E-state index in [-0.39, 0.29) is 24.4 Å². The topological polar surface area (TPSA) is 34.1 Å². The van der Waals surface area contributed by atoms with E-state index in [1.165, 1.54) is 12.1 Å². The molecule has 1 saturated carbocycles. The van der Waals surface area contributed by atoms with E-state index in [2.05, 4.69) is 0 Å². The van der Waals surface area contributed by atoms with Gasteiger partial charge in [-0.15, -0.1) is 0 Å². The van der Waals surface area contributed by atoms with Gasteiger partial charge in [-0.1, -0.05) is 17.7 Å². The van der Waals surface area contributed by atoms with Gasteiger partial charge in [0.1, 0.15) is 23.3 Å². The number of Topliss-reactive ketones (excluding diaryl/α,β-unsaturated/α-hetero) is 2. The SMILES string of the molecule is Cc1cc(C)c(C2C(=O)CC(Cc3cc(F)cc(F)c3)C2=O)c(C)c1. The molecule has 25 heavy (non-hydrogen) atoms. The molecule has 1 aliphatic rings. The minimum atomic E-state index is -0.760. The molecule has 0 spiro atoms. The van der Waals surface area contributed by atoms with Crippen LogP contribution in [0.4, 0.5) is 8.78 Å². The van der Waals surface area contributed by atoms with Crippen LogP contribution in [0.1, 0.15) is 40.2 Å². The largest absolute Gasteiger partial charge is 0.298 e. The highest BCUT2D eigenvalue weighted by atomic mass is 19.1. The zero-order valence-electron chi connectivity index (χ0n) is 14.5. The van der Waals surface area contributed by atoms with E-state index >= 15 is 0 Å². The van der Waals surface area contributed by atoms with Gasteiger partial charge < -0.3 is 0 Å². The average molecular weight is 342 g/mol. The van der Waals surface area contributed by atoms with Gasteiger partial charge in [0.25, 0.3) is 0 Å². The van der Waals surface area contributed by atoms with E-state index in [9.17, 15) is 18.4 Å². The van der Waals surface area contributed by atoms with Crippen LogP contribution in [0.2, 0.25) is 0 Å². The number of ketones is 2. The highest BCUT2D eigenvalue weighted by Crippen LogP contribution is 2.37. The lowest BCUT2D eigenvalue weighted by molar-refractivity contribution is -0.124. The van der Waals surface area contributed by atoms with Gasteiger partial charge in [0, 0.05) is 18.4 Å². The van der Waals surface area contributed by atoms with Crippen LogP contribution in [0.3, 0.4) is 0 Å². The number of benzene rings is 2. The smallest absolute Gasteiger partial charge is 0.151 e. The predicted octanol–water partition coefficient (Wildman–Crippen LogP) is 4.37. The van der Waals surface area contributed by atoms with Crippen molar-refractivity contribution in [2.24, 2.45) is 5.92 Å².